The predicted molar refractivity (Wildman–Crippen MR) is 81.3 cm³/mol. The van der Waals surface area contributed by atoms with Crippen LogP contribution in [0, 0.1) is 17.8 Å². The Morgan fingerprint density at radius 3 is 2.47 bits per heavy atom. The molecular weight excluding hydrogens is 234 g/mol. The highest BCUT2D eigenvalue weighted by Crippen LogP contribution is 2.46. The molecule has 1 spiro atoms. The zero-order valence-corrected chi connectivity index (χ0v) is 13.6. The largest absolute Gasteiger partial charge is 0.375 e. The van der Waals surface area contributed by atoms with Gasteiger partial charge < -0.3 is 10.1 Å². The van der Waals surface area contributed by atoms with Gasteiger partial charge in [-0.15, -0.1) is 0 Å². The van der Waals surface area contributed by atoms with Gasteiger partial charge in [-0.3, -0.25) is 0 Å². The maximum Gasteiger partial charge on any atom is 0.0685 e. The molecule has 1 N–H and O–H groups in total. The highest BCUT2D eigenvalue weighted by molar-refractivity contribution is 4.95. The first-order chi connectivity index (χ1) is 8.81. The maximum absolute atomic E-state index is 6.06. The molecule has 2 heteroatoms. The van der Waals surface area contributed by atoms with E-state index in [9.17, 15) is 0 Å². The Kier molecular flexibility index (Phi) is 4.62. The normalized spacial score (nSPS) is 29.8. The Morgan fingerprint density at radius 2 is 1.95 bits per heavy atom. The zero-order valence-electron chi connectivity index (χ0n) is 13.6. The van der Waals surface area contributed by atoms with Gasteiger partial charge in [0.15, 0.2) is 0 Å². The molecule has 2 rings (SSSR count). The molecule has 1 saturated carbocycles. The lowest BCUT2D eigenvalue weighted by Crippen LogP contribution is -2.48. The zero-order chi connectivity index (χ0) is 14.1. The first kappa shape index (κ1) is 15.3. The summed E-state index contributed by atoms with van der Waals surface area (Å²) in [5, 5.41) is 3.66. The third-order valence-electron chi connectivity index (χ3n) is 5.39. The summed E-state index contributed by atoms with van der Waals surface area (Å²) in [6, 6.07) is 0. The van der Waals surface area contributed by atoms with E-state index in [0.29, 0.717) is 5.60 Å². The number of rotatable bonds is 4. The monoisotopic (exact) mass is 267 g/mol. The molecule has 0 aromatic carbocycles. The molecule has 19 heavy (non-hydrogen) atoms. The van der Waals surface area contributed by atoms with Crippen LogP contribution in [0.2, 0.25) is 0 Å². The lowest BCUT2D eigenvalue weighted by Gasteiger charge is -2.49. The molecule has 3 unspecified atom stereocenters. The van der Waals surface area contributed by atoms with Crippen molar-refractivity contribution < 1.29 is 4.74 Å². The van der Waals surface area contributed by atoms with Crippen molar-refractivity contribution in [1.29, 1.82) is 0 Å². The molecule has 1 aliphatic heterocycles. The van der Waals surface area contributed by atoms with Crippen molar-refractivity contribution in [3.05, 3.63) is 0 Å². The Hall–Kier alpha value is -0.0800. The van der Waals surface area contributed by atoms with Gasteiger partial charge in [0.25, 0.3) is 0 Å². The third kappa shape index (κ3) is 3.95. The number of hydrogen-bond donors (Lipinski definition) is 1. The smallest absolute Gasteiger partial charge is 0.0685 e. The number of ether oxygens (including phenoxy) is 1. The molecule has 0 aromatic heterocycles. The minimum Gasteiger partial charge on any atom is -0.375 e. The van der Waals surface area contributed by atoms with E-state index in [0.717, 1.165) is 30.9 Å². The van der Waals surface area contributed by atoms with Crippen molar-refractivity contribution in [3.8, 4) is 0 Å². The van der Waals surface area contributed by atoms with Crippen molar-refractivity contribution >= 4 is 0 Å². The van der Waals surface area contributed by atoms with Gasteiger partial charge in [-0.25, -0.2) is 0 Å². The molecule has 2 nitrogen and oxygen atoms in total. The van der Waals surface area contributed by atoms with Gasteiger partial charge in [-0.1, -0.05) is 13.8 Å². The van der Waals surface area contributed by atoms with E-state index in [1.165, 1.54) is 32.1 Å². The first-order valence-electron chi connectivity index (χ1n) is 8.20. The standard InChI is InChI=1S/C17H33NO/c1-13(12-18-16(3,4)5)14(2)15-7-10-19-17(11-15)8-6-9-17/h13-15,18H,6-12H2,1-5H3. The van der Waals surface area contributed by atoms with Crippen LogP contribution in [0.5, 0.6) is 0 Å². The van der Waals surface area contributed by atoms with Crippen LogP contribution in [0.15, 0.2) is 0 Å². The molecule has 1 saturated heterocycles. The van der Waals surface area contributed by atoms with Gasteiger partial charge in [0, 0.05) is 12.1 Å². The van der Waals surface area contributed by atoms with Gasteiger partial charge in [0.2, 0.25) is 0 Å². The highest BCUT2D eigenvalue weighted by Gasteiger charge is 2.44. The molecule has 0 radical (unpaired) electrons. The van der Waals surface area contributed by atoms with Crippen molar-refractivity contribution in [1.82, 2.24) is 5.32 Å². The fraction of sp³-hybridized carbons (Fsp3) is 1.00. The van der Waals surface area contributed by atoms with Crippen molar-refractivity contribution in [2.45, 2.75) is 77.9 Å². The van der Waals surface area contributed by atoms with Crippen LogP contribution in [0.25, 0.3) is 0 Å². The second-order valence-electron chi connectivity index (χ2n) is 8.11. The lowest BCUT2D eigenvalue weighted by molar-refractivity contribution is -0.151. The van der Waals surface area contributed by atoms with Gasteiger partial charge in [0.05, 0.1) is 5.60 Å². The van der Waals surface area contributed by atoms with Gasteiger partial charge in [0.1, 0.15) is 0 Å². The van der Waals surface area contributed by atoms with E-state index in [1.54, 1.807) is 0 Å². The number of hydrogen-bond acceptors (Lipinski definition) is 2. The minimum atomic E-state index is 0.235. The van der Waals surface area contributed by atoms with Crippen LogP contribution in [0.1, 0.15) is 66.7 Å². The molecule has 0 amide bonds. The maximum atomic E-state index is 6.06. The second kappa shape index (κ2) is 5.73. The van der Waals surface area contributed by atoms with E-state index in [2.05, 4.69) is 39.9 Å². The molecule has 112 valence electrons. The number of nitrogens with one attached hydrogen (secondary N) is 1. The van der Waals surface area contributed by atoms with Crippen LogP contribution in [-0.2, 0) is 4.74 Å². The topological polar surface area (TPSA) is 21.3 Å². The van der Waals surface area contributed by atoms with E-state index in [4.69, 9.17) is 4.74 Å². The lowest BCUT2D eigenvalue weighted by atomic mass is 9.67. The molecule has 1 heterocycles. The summed E-state index contributed by atoms with van der Waals surface area (Å²) in [5.41, 5.74) is 0.535. The summed E-state index contributed by atoms with van der Waals surface area (Å²) in [4.78, 5) is 0. The van der Waals surface area contributed by atoms with E-state index >= 15 is 0 Å². The Bertz CT molecular complexity index is 290. The fourth-order valence-corrected chi connectivity index (χ4v) is 3.55. The fourth-order valence-electron chi connectivity index (χ4n) is 3.55. The Labute approximate surface area is 119 Å². The average Bonchev–Trinajstić information content (AvgIpc) is 2.32. The summed E-state index contributed by atoms with van der Waals surface area (Å²) in [6.45, 7) is 13.7. The molecular formula is C17H33NO. The van der Waals surface area contributed by atoms with Crippen molar-refractivity contribution in [2.75, 3.05) is 13.2 Å². The molecule has 2 aliphatic rings. The highest BCUT2D eigenvalue weighted by atomic mass is 16.5. The molecule has 0 bridgehead atoms. The molecule has 2 fully saturated rings. The van der Waals surface area contributed by atoms with Crippen LogP contribution >= 0.6 is 0 Å². The minimum absolute atomic E-state index is 0.235. The molecule has 0 aromatic rings. The van der Waals surface area contributed by atoms with E-state index < -0.39 is 0 Å². The summed E-state index contributed by atoms with van der Waals surface area (Å²) in [5.74, 6) is 2.42. The van der Waals surface area contributed by atoms with Crippen LogP contribution < -0.4 is 5.32 Å². The third-order valence-corrected chi connectivity index (χ3v) is 5.39. The van der Waals surface area contributed by atoms with Gasteiger partial charge in [-0.2, -0.15) is 0 Å². The average molecular weight is 267 g/mol. The molecule has 1 aliphatic carbocycles. The summed E-state index contributed by atoms with van der Waals surface area (Å²) in [6.07, 6.45) is 6.58. The van der Waals surface area contributed by atoms with E-state index in [-0.39, 0.29) is 5.54 Å². The van der Waals surface area contributed by atoms with Crippen LogP contribution in [-0.4, -0.2) is 24.3 Å². The predicted octanol–water partition coefficient (Wildman–Crippen LogP) is 4.00. The van der Waals surface area contributed by atoms with Crippen LogP contribution in [0.4, 0.5) is 0 Å². The summed E-state index contributed by atoms with van der Waals surface area (Å²) < 4.78 is 6.06. The quantitative estimate of drug-likeness (QED) is 0.831. The van der Waals surface area contributed by atoms with Crippen molar-refractivity contribution in [2.24, 2.45) is 17.8 Å². The first-order valence-corrected chi connectivity index (χ1v) is 8.20. The Balaban J connectivity index is 1.82. The van der Waals surface area contributed by atoms with E-state index in [1.807, 2.05) is 0 Å². The second-order valence-corrected chi connectivity index (χ2v) is 8.11. The Morgan fingerprint density at radius 1 is 1.26 bits per heavy atom. The molecule has 3 atom stereocenters. The SMILES string of the molecule is CC(CNC(C)(C)C)C(C)C1CCOC2(CCC2)C1. The van der Waals surface area contributed by atoms with Gasteiger partial charge >= 0.3 is 0 Å². The van der Waals surface area contributed by atoms with Crippen LogP contribution in [0.3, 0.4) is 0 Å². The summed E-state index contributed by atoms with van der Waals surface area (Å²) in [7, 11) is 0. The van der Waals surface area contributed by atoms with Gasteiger partial charge in [-0.05, 0) is 77.2 Å². The van der Waals surface area contributed by atoms with Crippen molar-refractivity contribution in [3.63, 3.8) is 0 Å². The summed E-state index contributed by atoms with van der Waals surface area (Å²) >= 11 is 0.